The second-order valence-corrected chi connectivity index (χ2v) is 5.51. The molecule has 0 aliphatic heterocycles. The summed E-state index contributed by atoms with van der Waals surface area (Å²) in [6.07, 6.45) is 0.841. The molecule has 2 N–H and O–H groups in total. The van der Waals surface area contributed by atoms with Crippen LogP contribution in [0.2, 0.25) is 0 Å². The van der Waals surface area contributed by atoms with Crippen molar-refractivity contribution < 1.29 is 0 Å². The average Bonchev–Trinajstić information content (AvgIpc) is 2.19. The summed E-state index contributed by atoms with van der Waals surface area (Å²) in [6.45, 7) is 5.19. The molecule has 0 saturated carbocycles. The number of nitrogen functional groups attached to an aromatic ring is 1. The van der Waals surface area contributed by atoms with Crippen LogP contribution in [-0.4, -0.2) is 35.5 Å². The summed E-state index contributed by atoms with van der Waals surface area (Å²) >= 11 is 2.22. The quantitative estimate of drug-likeness (QED) is 0.855. The van der Waals surface area contributed by atoms with Gasteiger partial charge in [-0.05, 0) is 42.6 Å². The molecule has 90 valence electrons. The van der Waals surface area contributed by atoms with Gasteiger partial charge >= 0.3 is 0 Å². The molecule has 1 aromatic heterocycles. The topological polar surface area (TPSA) is 55.0 Å². The zero-order valence-electron chi connectivity index (χ0n) is 10.3. The Hall–Kier alpha value is -0.430. The van der Waals surface area contributed by atoms with Gasteiger partial charge in [0.2, 0.25) is 0 Å². The molecule has 0 saturated heterocycles. The van der Waals surface area contributed by atoms with Gasteiger partial charge in [0.05, 0.1) is 9.26 Å². The standard InChI is InChI=1S/C11H19IN4/c1-7(2)10-9(12)11(13)15-8(14-10)5-6-16(3)4/h7H,5-6H2,1-4H3,(H2,13,14,15). The molecule has 5 heteroatoms. The highest BCUT2D eigenvalue weighted by atomic mass is 127. The summed E-state index contributed by atoms with van der Waals surface area (Å²) in [4.78, 5) is 11.0. The predicted molar refractivity (Wildman–Crippen MR) is 75.5 cm³/mol. The van der Waals surface area contributed by atoms with Crippen molar-refractivity contribution in [3.05, 3.63) is 15.1 Å². The fourth-order valence-electron chi connectivity index (χ4n) is 1.35. The predicted octanol–water partition coefficient (Wildman–Crippen LogP) is 1.89. The molecule has 0 atom stereocenters. The van der Waals surface area contributed by atoms with E-state index in [-0.39, 0.29) is 0 Å². The third kappa shape index (κ3) is 3.55. The van der Waals surface area contributed by atoms with E-state index in [1.54, 1.807) is 0 Å². The Bertz CT molecular complexity index is 363. The number of likely N-dealkylation sites (N-methyl/N-ethyl adjacent to an activating group) is 1. The number of nitrogens with zero attached hydrogens (tertiary/aromatic N) is 3. The van der Waals surface area contributed by atoms with E-state index in [4.69, 9.17) is 5.73 Å². The first kappa shape index (κ1) is 13.6. The van der Waals surface area contributed by atoms with Crippen LogP contribution in [0.25, 0.3) is 0 Å². The molecule has 0 aliphatic carbocycles. The SMILES string of the molecule is CC(C)c1nc(CCN(C)C)nc(N)c1I. The van der Waals surface area contributed by atoms with Crippen molar-refractivity contribution in [2.24, 2.45) is 0 Å². The number of hydrogen-bond acceptors (Lipinski definition) is 4. The van der Waals surface area contributed by atoms with Gasteiger partial charge in [-0.2, -0.15) is 0 Å². The third-order valence-corrected chi connectivity index (χ3v) is 3.38. The van der Waals surface area contributed by atoms with E-state index in [0.29, 0.717) is 11.7 Å². The molecule has 0 fully saturated rings. The summed E-state index contributed by atoms with van der Waals surface area (Å²) in [6, 6.07) is 0. The van der Waals surface area contributed by atoms with Crippen molar-refractivity contribution in [2.75, 3.05) is 26.4 Å². The Labute approximate surface area is 111 Å². The van der Waals surface area contributed by atoms with Crippen LogP contribution in [0.1, 0.15) is 31.3 Å². The van der Waals surface area contributed by atoms with Crippen LogP contribution in [0.4, 0.5) is 5.82 Å². The highest BCUT2D eigenvalue weighted by molar-refractivity contribution is 14.1. The van der Waals surface area contributed by atoms with Gasteiger partial charge < -0.3 is 10.6 Å². The minimum atomic E-state index is 0.385. The summed E-state index contributed by atoms with van der Waals surface area (Å²) in [5.74, 6) is 1.83. The fourth-order valence-corrected chi connectivity index (χ4v) is 2.21. The van der Waals surface area contributed by atoms with E-state index in [9.17, 15) is 0 Å². The lowest BCUT2D eigenvalue weighted by molar-refractivity contribution is 0.409. The molecule has 0 bridgehead atoms. The molecular formula is C11H19IN4. The van der Waals surface area contributed by atoms with Gasteiger partial charge in [-0.3, -0.25) is 0 Å². The number of anilines is 1. The van der Waals surface area contributed by atoms with Gasteiger partial charge in [0.25, 0.3) is 0 Å². The van der Waals surface area contributed by atoms with Crippen molar-refractivity contribution in [2.45, 2.75) is 26.2 Å². The maximum absolute atomic E-state index is 5.89. The largest absolute Gasteiger partial charge is 0.383 e. The lowest BCUT2D eigenvalue weighted by Crippen LogP contribution is -2.18. The van der Waals surface area contributed by atoms with Gasteiger partial charge in [0.1, 0.15) is 11.6 Å². The lowest BCUT2D eigenvalue weighted by atomic mass is 10.1. The Kier molecular flexibility index (Phi) is 4.91. The number of rotatable bonds is 4. The van der Waals surface area contributed by atoms with E-state index >= 15 is 0 Å². The number of aromatic nitrogens is 2. The summed E-state index contributed by atoms with van der Waals surface area (Å²) in [7, 11) is 4.08. The molecule has 16 heavy (non-hydrogen) atoms. The molecule has 1 aromatic rings. The lowest BCUT2D eigenvalue weighted by Gasteiger charge is -2.13. The van der Waals surface area contributed by atoms with Crippen molar-refractivity contribution in [1.29, 1.82) is 0 Å². The van der Waals surface area contributed by atoms with E-state index < -0.39 is 0 Å². The molecule has 0 aliphatic rings. The van der Waals surface area contributed by atoms with Crippen LogP contribution < -0.4 is 5.73 Å². The summed E-state index contributed by atoms with van der Waals surface area (Å²) < 4.78 is 0.987. The second-order valence-electron chi connectivity index (χ2n) is 4.43. The molecule has 1 heterocycles. The van der Waals surface area contributed by atoms with Crippen LogP contribution in [0, 0.1) is 3.57 Å². The first-order chi connectivity index (χ1) is 7.41. The van der Waals surface area contributed by atoms with Crippen molar-refractivity contribution in [3.8, 4) is 0 Å². The molecule has 0 aromatic carbocycles. The zero-order valence-corrected chi connectivity index (χ0v) is 12.4. The molecule has 4 nitrogen and oxygen atoms in total. The highest BCUT2D eigenvalue weighted by Gasteiger charge is 2.12. The molecule has 0 amide bonds. The Balaban J connectivity index is 2.95. The van der Waals surface area contributed by atoms with E-state index in [1.807, 2.05) is 14.1 Å². The monoisotopic (exact) mass is 334 g/mol. The van der Waals surface area contributed by atoms with Crippen molar-refractivity contribution >= 4 is 28.4 Å². The first-order valence-corrected chi connectivity index (χ1v) is 6.46. The summed E-state index contributed by atoms with van der Waals surface area (Å²) in [5, 5.41) is 0. The van der Waals surface area contributed by atoms with Crippen LogP contribution in [-0.2, 0) is 6.42 Å². The number of hydrogen-bond donors (Lipinski definition) is 1. The Morgan fingerprint density at radius 1 is 1.31 bits per heavy atom. The van der Waals surface area contributed by atoms with E-state index in [1.165, 1.54) is 0 Å². The van der Waals surface area contributed by atoms with Crippen LogP contribution in [0.5, 0.6) is 0 Å². The van der Waals surface area contributed by atoms with Crippen LogP contribution in [0.3, 0.4) is 0 Å². The molecule has 1 rings (SSSR count). The Morgan fingerprint density at radius 3 is 2.44 bits per heavy atom. The van der Waals surface area contributed by atoms with Crippen LogP contribution >= 0.6 is 22.6 Å². The molecule has 0 radical (unpaired) electrons. The maximum Gasteiger partial charge on any atom is 0.140 e. The van der Waals surface area contributed by atoms with Crippen molar-refractivity contribution in [3.63, 3.8) is 0 Å². The van der Waals surface area contributed by atoms with Crippen molar-refractivity contribution in [1.82, 2.24) is 14.9 Å². The van der Waals surface area contributed by atoms with Gasteiger partial charge in [0, 0.05) is 13.0 Å². The molecular weight excluding hydrogens is 315 g/mol. The molecule has 0 spiro atoms. The average molecular weight is 334 g/mol. The maximum atomic E-state index is 5.89. The van der Waals surface area contributed by atoms with Crippen LogP contribution in [0.15, 0.2) is 0 Å². The normalized spacial score (nSPS) is 11.4. The van der Waals surface area contributed by atoms with E-state index in [2.05, 4.69) is 51.3 Å². The fraction of sp³-hybridized carbons (Fsp3) is 0.636. The van der Waals surface area contributed by atoms with Gasteiger partial charge in [-0.25, -0.2) is 9.97 Å². The first-order valence-electron chi connectivity index (χ1n) is 5.38. The van der Waals surface area contributed by atoms with Gasteiger partial charge in [-0.1, -0.05) is 13.8 Å². The Morgan fingerprint density at radius 2 is 1.94 bits per heavy atom. The minimum Gasteiger partial charge on any atom is -0.383 e. The number of nitrogens with two attached hydrogens (primary N) is 1. The third-order valence-electron chi connectivity index (χ3n) is 2.28. The smallest absolute Gasteiger partial charge is 0.140 e. The van der Waals surface area contributed by atoms with E-state index in [0.717, 1.165) is 28.1 Å². The highest BCUT2D eigenvalue weighted by Crippen LogP contribution is 2.23. The van der Waals surface area contributed by atoms with Gasteiger partial charge in [0.15, 0.2) is 0 Å². The minimum absolute atomic E-state index is 0.385. The second kappa shape index (κ2) is 5.77. The zero-order chi connectivity index (χ0) is 12.3. The number of halogens is 1. The van der Waals surface area contributed by atoms with Gasteiger partial charge in [-0.15, -0.1) is 0 Å². The molecule has 0 unspecified atom stereocenters. The summed E-state index contributed by atoms with van der Waals surface area (Å²) in [5.41, 5.74) is 6.95.